The molecule has 15 heavy (non-hydrogen) atoms. The fourth-order valence-electron chi connectivity index (χ4n) is 1.46. The Balaban J connectivity index is 1.86. The summed E-state index contributed by atoms with van der Waals surface area (Å²) in [4.78, 5) is 10.9. The first-order valence-electron chi connectivity index (χ1n) is 4.86. The molecule has 1 aromatic rings. The highest BCUT2D eigenvalue weighted by molar-refractivity contribution is 5.72. The third-order valence-corrected chi connectivity index (χ3v) is 2.26. The lowest BCUT2D eigenvalue weighted by Crippen LogP contribution is -2.32. The Kier molecular flexibility index (Phi) is 2.99. The van der Waals surface area contributed by atoms with Crippen LogP contribution in [-0.2, 0) is 20.9 Å². The molecule has 0 radical (unpaired) electrons. The van der Waals surface area contributed by atoms with Crippen molar-refractivity contribution >= 4 is 5.97 Å². The molecule has 0 saturated carbocycles. The summed E-state index contributed by atoms with van der Waals surface area (Å²) in [6.07, 6.45) is -0.364. The van der Waals surface area contributed by atoms with Crippen LogP contribution in [0.4, 0.5) is 0 Å². The highest BCUT2D eigenvalue weighted by atomic mass is 16.7. The fraction of sp³-hybridized carbons (Fsp3) is 0.364. The van der Waals surface area contributed by atoms with Crippen LogP contribution >= 0.6 is 0 Å². The van der Waals surface area contributed by atoms with Crippen molar-refractivity contribution in [1.82, 2.24) is 0 Å². The van der Waals surface area contributed by atoms with E-state index in [0.29, 0.717) is 6.61 Å². The van der Waals surface area contributed by atoms with Gasteiger partial charge in [0.25, 0.3) is 0 Å². The zero-order valence-electron chi connectivity index (χ0n) is 8.26. The van der Waals surface area contributed by atoms with Gasteiger partial charge in [0.05, 0.1) is 19.1 Å². The Hall–Kier alpha value is -1.39. The first kappa shape index (κ1) is 10.1. The van der Waals surface area contributed by atoms with E-state index in [0.717, 1.165) is 5.56 Å². The van der Waals surface area contributed by atoms with E-state index in [9.17, 15) is 4.79 Å². The second-order valence-electron chi connectivity index (χ2n) is 3.52. The van der Waals surface area contributed by atoms with E-state index in [-0.39, 0.29) is 18.4 Å². The third kappa shape index (κ3) is 2.55. The summed E-state index contributed by atoms with van der Waals surface area (Å²) < 4.78 is 10.3. The molecule has 0 bridgehead atoms. The number of cyclic esters (lactones) is 1. The largest absolute Gasteiger partial charge is 0.434 e. The Morgan fingerprint density at radius 3 is 2.73 bits per heavy atom. The third-order valence-electron chi connectivity index (χ3n) is 2.26. The second kappa shape index (κ2) is 4.42. The quantitative estimate of drug-likeness (QED) is 0.745. The lowest BCUT2D eigenvalue weighted by Gasteiger charge is -2.14. The van der Waals surface area contributed by atoms with Gasteiger partial charge in [-0.3, -0.25) is 4.79 Å². The smallest absolute Gasteiger partial charge is 0.309 e. The van der Waals surface area contributed by atoms with Gasteiger partial charge < -0.3 is 15.2 Å². The van der Waals surface area contributed by atoms with Crippen molar-refractivity contribution in [2.24, 2.45) is 5.73 Å². The number of carbonyl (C=O) groups excluding carboxylic acids is 1. The SMILES string of the molecule is N[C@H]1CC(=O)OC1OCc1ccccc1. The standard InChI is InChI=1S/C11H13NO3/c12-9-6-10(13)15-11(9)14-7-8-4-2-1-3-5-8/h1-5,9,11H,6-7,12H2/t9-,11?/m0/s1. The van der Waals surface area contributed by atoms with Crippen molar-refractivity contribution in [2.45, 2.75) is 25.4 Å². The zero-order valence-corrected chi connectivity index (χ0v) is 8.26. The maximum atomic E-state index is 10.9. The molecule has 1 unspecified atom stereocenters. The van der Waals surface area contributed by atoms with E-state index >= 15 is 0 Å². The molecule has 1 aromatic carbocycles. The summed E-state index contributed by atoms with van der Waals surface area (Å²) >= 11 is 0. The van der Waals surface area contributed by atoms with Crippen molar-refractivity contribution in [1.29, 1.82) is 0 Å². The normalized spacial score (nSPS) is 25.3. The van der Waals surface area contributed by atoms with Gasteiger partial charge in [0.15, 0.2) is 0 Å². The first-order chi connectivity index (χ1) is 7.25. The molecule has 2 rings (SSSR count). The summed E-state index contributed by atoms with van der Waals surface area (Å²) in [7, 11) is 0. The maximum Gasteiger partial charge on any atom is 0.309 e. The molecular weight excluding hydrogens is 194 g/mol. The Labute approximate surface area is 88.0 Å². The lowest BCUT2D eigenvalue weighted by molar-refractivity contribution is -0.166. The monoisotopic (exact) mass is 207 g/mol. The molecule has 2 N–H and O–H groups in total. The molecule has 4 nitrogen and oxygen atoms in total. The number of esters is 1. The van der Waals surface area contributed by atoms with Crippen molar-refractivity contribution in [2.75, 3.05) is 0 Å². The number of rotatable bonds is 3. The van der Waals surface area contributed by atoms with Crippen LogP contribution in [0.1, 0.15) is 12.0 Å². The summed E-state index contributed by atoms with van der Waals surface area (Å²) in [6, 6.07) is 9.34. The van der Waals surface area contributed by atoms with E-state index in [1.165, 1.54) is 0 Å². The predicted octanol–water partition coefficient (Wildman–Crippen LogP) is 0.803. The molecule has 1 fully saturated rings. The van der Waals surface area contributed by atoms with Crippen LogP contribution in [-0.4, -0.2) is 18.3 Å². The summed E-state index contributed by atoms with van der Waals surface area (Å²) in [6.45, 7) is 0.409. The predicted molar refractivity (Wildman–Crippen MR) is 53.7 cm³/mol. The highest BCUT2D eigenvalue weighted by Gasteiger charge is 2.32. The van der Waals surface area contributed by atoms with Gasteiger partial charge in [-0.15, -0.1) is 0 Å². The number of ether oxygens (including phenoxy) is 2. The van der Waals surface area contributed by atoms with Crippen LogP contribution in [0.3, 0.4) is 0 Å². The number of nitrogens with two attached hydrogens (primary N) is 1. The van der Waals surface area contributed by atoms with Gasteiger partial charge >= 0.3 is 5.97 Å². The number of hydrogen-bond acceptors (Lipinski definition) is 4. The van der Waals surface area contributed by atoms with Crippen molar-refractivity contribution in [3.63, 3.8) is 0 Å². The van der Waals surface area contributed by atoms with Crippen molar-refractivity contribution in [3.8, 4) is 0 Å². The highest BCUT2D eigenvalue weighted by Crippen LogP contribution is 2.15. The Morgan fingerprint density at radius 1 is 1.40 bits per heavy atom. The van der Waals surface area contributed by atoms with Gasteiger partial charge in [0.2, 0.25) is 6.29 Å². The second-order valence-corrected chi connectivity index (χ2v) is 3.52. The molecular formula is C11H13NO3. The molecule has 1 aliphatic rings. The van der Waals surface area contributed by atoms with Crippen molar-refractivity contribution < 1.29 is 14.3 Å². The minimum Gasteiger partial charge on any atom is -0.434 e. The van der Waals surface area contributed by atoms with Crippen LogP contribution in [0.25, 0.3) is 0 Å². The van der Waals surface area contributed by atoms with Crippen molar-refractivity contribution in [3.05, 3.63) is 35.9 Å². The molecule has 1 aliphatic heterocycles. The topological polar surface area (TPSA) is 61.6 Å². The van der Waals surface area contributed by atoms with E-state index in [2.05, 4.69) is 0 Å². The van der Waals surface area contributed by atoms with Crippen LogP contribution in [0.5, 0.6) is 0 Å². The minimum atomic E-state index is -0.599. The molecule has 0 aliphatic carbocycles. The van der Waals surface area contributed by atoms with Crippen LogP contribution in [0, 0.1) is 0 Å². The van der Waals surface area contributed by atoms with E-state index in [4.69, 9.17) is 15.2 Å². The summed E-state index contributed by atoms with van der Waals surface area (Å²) in [5, 5.41) is 0. The van der Waals surface area contributed by atoms with Gasteiger partial charge in [-0.2, -0.15) is 0 Å². The fourth-order valence-corrected chi connectivity index (χ4v) is 1.46. The van der Waals surface area contributed by atoms with Crippen LogP contribution in [0.2, 0.25) is 0 Å². The summed E-state index contributed by atoms with van der Waals surface area (Å²) in [5.74, 6) is -0.291. The first-order valence-corrected chi connectivity index (χ1v) is 4.86. The van der Waals surface area contributed by atoms with Crippen LogP contribution < -0.4 is 5.73 Å². The van der Waals surface area contributed by atoms with Gasteiger partial charge in [-0.25, -0.2) is 0 Å². The maximum absolute atomic E-state index is 10.9. The number of benzene rings is 1. The van der Waals surface area contributed by atoms with Gasteiger partial charge in [-0.1, -0.05) is 30.3 Å². The van der Waals surface area contributed by atoms with Crippen LogP contribution in [0.15, 0.2) is 30.3 Å². The van der Waals surface area contributed by atoms with E-state index in [1.807, 2.05) is 30.3 Å². The molecule has 1 heterocycles. The molecule has 0 amide bonds. The Morgan fingerprint density at radius 2 is 2.13 bits per heavy atom. The van der Waals surface area contributed by atoms with Gasteiger partial charge in [-0.05, 0) is 5.56 Å². The summed E-state index contributed by atoms with van der Waals surface area (Å²) in [5.41, 5.74) is 6.70. The average Bonchev–Trinajstić information content (AvgIpc) is 2.56. The lowest BCUT2D eigenvalue weighted by atomic mass is 10.2. The molecule has 80 valence electrons. The molecule has 0 spiro atoms. The molecule has 0 aromatic heterocycles. The number of hydrogen-bond donors (Lipinski definition) is 1. The molecule has 4 heteroatoms. The molecule has 2 atom stereocenters. The van der Waals surface area contributed by atoms with Gasteiger partial charge in [0.1, 0.15) is 0 Å². The zero-order chi connectivity index (χ0) is 10.7. The molecule has 1 saturated heterocycles. The number of carbonyl (C=O) groups is 1. The van der Waals surface area contributed by atoms with E-state index in [1.54, 1.807) is 0 Å². The minimum absolute atomic E-state index is 0.236. The Bertz CT molecular complexity index is 339. The average molecular weight is 207 g/mol. The van der Waals surface area contributed by atoms with Gasteiger partial charge in [0, 0.05) is 0 Å². The van der Waals surface area contributed by atoms with E-state index < -0.39 is 6.29 Å².